The minimum Gasteiger partial charge on any atom is -0.478 e. The maximum atomic E-state index is 11.4. The predicted molar refractivity (Wildman–Crippen MR) is 124 cm³/mol. The molecule has 0 aromatic rings. The zero-order valence-corrected chi connectivity index (χ0v) is 22.5. The Morgan fingerprint density at radius 2 is 1.16 bits per heavy atom. The number of hydrogen-bond acceptors (Lipinski definition) is 9. The van der Waals surface area contributed by atoms with E-state index in [0.717, 1.165) is 12.8 Å². The fourth-order valence-corrected chi connectivity index (χ4v) is 6.06. The van der Waals surface area contributed by atoms with Crippen LogP contribution in [0.15, 0.2) is 24.3 Å². The van der Waals surface area contributed by atoms with Gasteiger partial charge in [-0.05, 0) is 33.1 Å². The van der Waals surface area contributed by atoms with Crippen molar-refractivity contribution in [2.45, 2.75) is 45.2 Å². The monoisotopic (exact) mass is 496 g/mol. The minimum absolute atomic E-state index is 0.176. The van der Waals surface area contributed by atoms with E-state index in [1.54, 1.807) is 42.5 Å². The number of rotatable bonds is 17. The molecule has 32 heavy (non-hydrogen) atoms. The van der Waals surface area contributed by atoms with Crippen LogP contribution in [0.3, 0.4) is 0 Å². The summed E-state index contributed by atoms with van der Waals surface area (Å²) in [7, 11) is 2.66. The van der Waals surface area contributed by atoms with Gasteiger partial charge in [0.1, 0.15) is 0 Å². The van der Waals surface area contributed by atoms with Crippen molar-refractivity contribution < 1.29 is 46.0 Å². The van der Waals surface area contributed by atoms with Crippen molar-refractivity contribution in [2.75, 3.05) is 48.8 Å². The van der Waals surface area contributed by atoms with Crippen molar-refractivity contribution in [3.05, 3.63) is 24.3 Å². The van der Waals surface area contributed by atoms with Crippen LogP contribution < -0.4 is 0 Å². The van der Waals surface area contributed by atoms with Crippen LogP contribution in [0, 0.1) is 0 Å². The van der Waals surface area contributed by atoms with E-state index in [-0.39, 0.29) is 12.2 Å². The van der Waals surface area contributed by atoms with Crippen LogP contribution in [0.5, 0.6) is 0 Å². The maximum absolute atomic E-state index is 11.4. The lowest BCUT2D eigenvalue weighted by molar-refractivity contribution is -0.139. The van der Waals surface area contributed by atoms with Crippen LogP contribution in [0.4, 0.5) is 0 Å². The van der Waals surface area contributed by atoms with Crippen molar-refractivity contribution in [3.8, 4) is 0 Å². The molecule has 0 bridgehead atoms. The highest BCUT2D eigenvalue weighted by molar-refractivity contribution is 6.61. The Morgan fingerprint density at radius 1 is 0.719 bits per heavy atom. The van der Waals surface area contributed by atoms with Crippen molar-refractivity contribution >= 4 is 29.5 Å². The third-order valence-corrected chi connectivity index (χ3v) is 10.0. The lowest BCUT2D eigenvalue weighted by atomic mass is 10.4. The van der Waals surface area contributed by atoms with Crippen LogP contribution in [-0.2, 0) is 40.9 Å². The molecule has 0 aliphatic carbocycles. The number of aliphatic carboxylic acids is 1. The van der Waals surface area contributed by atoms with Crippen molar-refractivity contribution in [1.82, 2.24) is 0 Å². The summed E-state index contributed by atoms with van der Waals surface area (Å²) in [4.78, 5) is 21.0. The summed E-state index contributed by atoms with van der Waals surface area (Å²) < 4.78 is 38.2. The average molecular weight is 497 g/mol. The van der Waals surface area contributed by atoms with Crippen LogP contribution in [0.2, 0.25) is 12.1 Å². The highest BCUT2D eigenvalue weighted by Crippen LogP contribution is 2.19. The summed E-state index contributed by atoms with van der Waals surface area (Å²) in [5.74, 6) is -1.33. The van der Waals surface area contributed by atoms with E-state index in [0.29, 0.717) is 30.7 Å². The number of carbonyl (C=O) groups excluding carboxylic acids is 1. The Bertz CT molecular complexity index is 554. The molecule has 1 N–H and O–H groups in total. The SMILES string of the molecule is C=C(C)C(=O)O.C=C(C)C(=O)OCCC[Si](OC)(OC)OCCCC[Si](OC)(OC)OC. The summed E-state index contributed by atoms with van der Waals surface area (Å²) in [5.41, 5.74) is 0.557. The van der Waals surface area contributed by atoms with E-state index in [1.807, 2.05) is 0 Å². The topological polar surface area (TPSA) is 119 Å². The van der Waals surface area contributed by atoms with Gasteiger partial charge in [-0.1, -0.05) is 13.2 Å². The molecule has 0 radical (unpaired) electrons. The van der Waals surface area contributed by atoms with E-state index in [4.69, 9.17) is 36.4 Å². The largest absolute Gasteiger partial charge is 0.500 e. The first kappa shape index (κ1) is 32.8. The summed E-state index contributed by atoms with van der Waals surface area (Å²) >= 11 is 0. The lowest BCUT2D eigenvalue weighted by Crippen LogP contribution is -2.44. The van der Waals surface area contributed by atoms with E-state index < -0.39 is 29.5 Å². The van der Waals surface area contributed by atoms with E-state index in [2.05, 4.69) is 13.2 Å². The molecule has 0 rings (SSSR count). The molecule has 0 saturated heterocycles. The van der Waals surface area contributed by atoms with Gasteiger partial charge in [-0.25, -0.2) is 9.59 Å². The first-order valence-electron chi connectivity index (χ1n) is 10.1. The molecule has 188 valence electrons. The quantitative estimate of drug-likeness (QED) is 0.139. The summed E-state index contributed by atoms with van der Waals surface area (Å²) in [5, 5.41) is 7.89. The molecule has 0 atom stereocenters. The molecule has 0 aromatic heterocycles. The minimum atomic E-state index is -2.76. The third-order valence-electron chi connectivity index (χ3n) is 4.33. The molecule has 0 aromatic carbocycles. The van der Waals surface area contributed by atoms with Crippen LogP contribution >= 0.6 is 0 Å². The van der Waals surface area contributed by atoms with Gasteiger partial charge in [0.25, 0.3) is 0 Å². The number of ether oxygens (including phenoxy) is 1. The van der Waals surface area contributed by atoms with Gasteiger partial charge in [0, 0.05) is 65.4 Å². The van der Waals surface area contributed by atoms with Gasteiger partial charge < -0.3 is 36.4 Å². The molecular weight excluding hydrogens is 456 g/mol. The molecule has 0 fully saturated rings. The summed E-state index contributed by atoms with van der Waals surface area (Å²) in [6.07, 6.45) is 2.24. The molecule has 0 aliphatic rings. The highest BCUT2D eigenvalue weighted by Gasteiger charge is 2.39. The van der Waals surface area contributed by atoms with Gasteiger partial charge in [-0.2, -0.15) is 0 Å². The first-order valence-corrected chi connectivity index (χ1v) is 14.0. The van der Waals surface area contributed by atoms with Crippen LogP contribution in [0.25, 0.3) is 0 Å². The number of esters is 1. The number of hydrogen-bond donors (Lipinski definition) is 1. The fourth-order valence-electron chi connectivity index (χ4n) is 2.28. The average Bonchev–Trinajstić information content (AvgIpc) is 2.78. The second-order valence-corrected chi connectivity index (χ2v) is 12.9. The number of carbonyl (C=O) groups is 2. The Balaban J connectivity index is 0. The Kier molecular flexibility index (Phi) is 18.5. The Labute approximate surface area is 194 Å². The third kappa shape index (κ3) is 13.9. The van der Waals surface area contributed by atoms with Crippen molar-refractivity contribution in [2.24, 2.45) is 0 Å². The van der Waals surface area contributed by atoms with Gasteiger partial charge in [-0.3, -0.25) is 0 Å². The van der Waals surface area contributed by atoms with Gasteiger partial charge in [0.2, 0.25) is 0 Å². The Hall–Kier alpha value is -1.39. The van der Waals surface area contributed by atoms with E-state index in [9.17, 15) is 9.59 Å². The molecular formula is C20H40O10Si2. The van der Waals surface area contributed by atoms with E-state index >= 15 is 0 Å². The predicted octanol–water partition coefficient (Wildman–Crippen LogP) is 3.05. The molecule has 0 unspecified atom stereocenters. The molecule has 0 heterocycles. The van der Waals surface area contributed by atoms with Gasteiger partial charge >= 0.3 is 29.5 Å². The second kappa shape index (κ2) is 18.1. The number of carboxylic acid groups (broad SMARTS) is 1. The molecule has 12 heteroatoms. The smallest absolute Gasteiger partial charge is 0.478 e. The van der Waals surface area contributed by atoms with Crippen molar-refractivity contribution in [1.29, 1.82) is 0 Å². The summed E-state index contributed by atoms with van der Waals surface area (Å²) in [6.45, 7) is 10.5. The van der Waals surface area contributed by atoms with Gasteiger partial charge in [-0.15, -0.1) is 0 Å². The normalized spacial score (nSPS) is 11.3. The van der Waals surface area contributed by atoms with Crippen molar-refractivity contribution in [3.63, 3.8) is 0 Å². The summed E-state index contributed by atoms with van der Waals surface area (Å²) in [6, 6.07) is 1.28. The van der Waals surface area contributed by atoms with Gasteiger partial charge in [0.05, 0.1) is 6.61 Å². The molecule has 0 saturated carbocycles. The van der Waals surface area contributed by atoms with Crippen LogP contribution in [0.1, 0.15) is 33.1 Å². The lowest BCUT2D eigenvalue weighted by Gasteiger charge is -2.27. The molecule has 10 nitrogen and oxygen atoms in total. The number of carboxylic acids is 1. The van der Waals surface area contributed by atoms with Crippen LogP contribution in [-0.4, -0.2) is 83.4 Å². The molecule has 0 amide bonds. The molecule has 0 spiro atoms. The highest BCUT2D eigenvalue weighted by atomic mass is 28.4. The standard InChI is InChI=1S/C16H34O8Si2.C4H6O2/c1-15(2)16(17)23-11-10-14-26(21-6,22-7)24-12-8-9-13-25(18-3,19-4)20-5;1-3(2)4(5)6/h1,8-14H2,2-7H3;1H2,2H3,(H,5,6). The first-order chi connectivity index (χ1) is 15.0. The zero-order valence-electron chi connectivity index (χ0n) is 20.5. The number of unbranched alkanes of at least 4 members (excludes halogenated alkanes) is 1. The maximum Gasteiger partial charge on any atom is 0.500 e. The van der Waals surface area contributed by atoms with E-state index in [1.165, 1.54) is 6.92 Å². The zero-order chi connectivity index (χ0) is 25.2. The Morgan fingerprint density at radius 3 is 1.53 bits per heavy atom. The second-order valence-electron chi connectivity index (χ2n) is 6.80. The van der Waals surface area contributed by atoms with Gasteiger partial charge in [0.15, 0.2) is 0 Å². The fraction of sp³-hybridized carbons (Fsp3) is 0.700. The molecule has 0 aliphatic heterocycles.